The van der Waals surface area contributed by atoms with Gasteiger partial charge >= 0.3 is 0 Å². The fraction of sp³-hybridized carbons (Fsp3) is 0.600. The Morgan fingerprint density at radius 3 is 2.50 bits per heavy atom. The second kappa shape index (κ2) is 6.59. The Hall–Kier alpha value is -1.07. The minimum Gasteiger partial charge on any atom is -0.385 e. The average Bonchev–Trinajstić information content (AvgIpc) is 2.39. The minimum atomic E-state index is -3.39. The highest BCUT2D eigenvalue weighted by molar-refractivity contribution is 7.89. The zero-order chi connectivity index (χ0) is 14.6. The Kier molecular flexibility index (Phi) is 5.05. The van der Waals surface area contributed by atoms with E-state index in [1.54, 1.807) is 12.1 Å². The van der Waals surface area contributed by atoms with Crippen LogP contribution in [0, 0.1) is 5.92 Å². The lowest BCUT2D eigenvalue weighted by molar-refractivity contribution is 0.327. The maximum atomic E-state index is 12.3. The van der Waals surface area contributed by atoms with Gasteiger partial charge < -0.3 is 5.32 Å². The lowest BCUT2D eigenvalue weighted by Crippen LogP contribution is -2.37. The molecule has 1 saturated carbocycles. The fourth-order valence-electron chi connectivity index (χ4n) is 2.78. The highest BCUT2D eigenvalue weighted by Gasteiger charge is 2.24. The van der Waals surface area contributed by atoms with Crippen molar-refractivity contribution in [1.29, 1.82) is 0 Å². The Morgan fingerprint density at radius 2 is 1.90 bits per heavy atom. The fourth-order valence-corrected chi connectivity index (χ4v) is 4.07. The normalized spacial score (nSPS) is 23.5. The molecule has 0 amide bonds. The predicted octanol–water partition coefficient (Wildman–Crippen LogP) is 2.98. The Bertz CT molecular complexity index is 525. The molecule has 2 N–H and O–H groups in total. The van der Waals surface area contributed by atoms with E-state index in [4.69, 9.17) is 0 Å². The van der Waals surface area contributed by atoms with Gasteiger partial charge in [0.2, 0.25) is 10.0 Å². The Balaban J connectivity index is 2.05. The molecule has 0 saturated heterocycles. The molecule has 20 heavy (non-hydrogen) atoms. The van der Waals surface area contributed by atoms with Gasteiger partial charge in [-0.2, -0.15) is 0 Å². The van der Waals surface area contributed by atoms with Crippen molar-refractivity contribution < 1.29 is 8.42 Å². The summed E-state index contributed by atoms with van der Waals surface area (Å²) in [6.07, 6.45) is 4.19. The van der Waals surface area contributed by atoms with E-state index in [-0.39, 0.29) is 6.04 Å². The predicted molar refractivity (Wildman–Crippen MR) is 82.3 cm³/mol. The molecule has 0 bridgehead atoms. The van der Waals surface area contributed by atoms with E-state index in [0.29, 0.717) is 10.8 Å². The molecule has 2 rings (SSSR count). The van der Waals surface area contributed by atoms with E-state index in [9.17, 15) is 8.42 Å². The van der Waals surface area contributed by atoms with Crippen LogP contribution in [-0.4, -0.2) is 21.0 Å². The summed E-state index contributed by atoms with van der Waals surface area (Å²) in [5, 5.41) is 3.16. The van der Waals surface area contributed by atoms with E-state index < -0.39 is 10.0 Å². The summed E-state index contributed by atoms with van der Waals surface area (Å²) >= 11 is 0. The van der Waals surface area contributed by atoms with Crippen molar-refractivity contribution in [2.45, 2.75) is 50.5 Å². The Labute approximate surface area is 122 Å². The highest BCUT2D eigenvalue weighted by atomic mass is 32.2. The maximum Gasteiger partial charge on any atom is 0.240 e. The van der Waals surface area contributed by atoms with Crippen molar-refractivity contribution in [3.8, 4) is 0 Å². The molecule has 1 aliphatic rings. The first kappa shape index (κ1) is 15.3. The summed E-state index contributed by atoms with van der Waals surface area (Å²) in [7, 11) is -3.39. The third-order valence-corrected chi connectivity index (χ3v) is 5.34. The van der Waals surface area contributed by atoms with Gasteiger partial charge in [-0.15, -0.1) is 0 Å². The summed E-state index contributed by atoms with van der Waals surface area (Å²) in [5.41, 5.74) is 0.942. The Morgan fingerprint density at radius 1 is 1.20 bits per heavy atom. The summed E-state index contributed by atoms with van der Waals surface area (Å²) in [4.78, 5) is 0.345. The molecular weight excluding hydrogens is 272 g/mol. The summed E-state index contributed by atoms with van der Waals surface area (Å²) in [5.74, 6) is 0.604. The van der Waals surface area contributed by atoms with Crippen molar-refractivity contribution in [1.82, 2.24) is 4.72 Å². The second-order valence-corrected chi connectivity index (χ2v) is 7.36. The van der Waals surface area contributed by atoms with Gasteiger partial charge in [0.25, 0.3) is 0 Å². The molecular formula is C15H24N2O2S. The third kappa shape index (κ3) is 3.96. The average molecular weight is 296 g/mol. The molecule has 4 nitrogen and oxygen atoms in total. The van der Waals surface area contributed by atoms with Crippen LogP contribution < -0.4 is 10.0 Å². The van der Waals surface area contributed by atoms with Gasteiger partial charge in [-0.05, 0) is 49.9 Å². The van der Waals surface area contributed by atoms with Crippen LogP contribution in [0.15, 0.2) is 29.2 Å². The van der Waals surface area contributed by atoms with Crippen LogP contribution in [0.4, 0.5) is 5.69 Å². The second-order valence-electron chi connectivity index (χ2n) is 5.64. The van der Waals surface area contributed by atoms with Crippen molar-refractivity contribution in [3.05, 3.63) is 24.3 Å². The number of hydrogen-bond donors (Lipinski definition) is 2. The first-order valence-corrected chi connectivity index (χ1v) is 8.86. The minimum absolute atomic E-state index is 0.0807. The molecule has 2 atom stereocenters. The number of anilines is 1. The van der Waals surface area contributed by atoms with Crippen molar-refractivity contribution in [2.75, 3.05) is 11.9 Å². The zero-order valence-electron chi connectivity index (χ0n) is 12.2. The van der Waals surface area contributed by atoms with Crippen LogP contribution in [-0.2, 0) is 10.0 Å². The van der Waals surface area contributed by atoms with Crippen LogP contribution in [0.5, 0.6) is 0 Å². The highest BCUT2D eigenvalue weighted by Crippen LogP contribution is 2.25. The summed E-state index contributed by atoms with van der Waals surface area (Å²) < 4.78 is 27.5. The van der Waals surface area contributed by atoms with Gasteiger partial charge in [0.15, 0.2) is 0 Å². The third-order valence-electron chi connectivity index (χ3n) is 3.80. The molecule has 1 aliphatic carbocycles. The van der Waals surface area contributed by atoms with Crippen LogP contribution >= 0.6 is 0 Å². The molecule has 1 aromatic carbocycles. The smallest absolute Gasteiger partial charge is 0.240 e. The van der Waals surface area contributed by atoms with E-state index in [1.165, 1.54) is 6.42 Å². The van der Waals surface area contributed by atoms with Crippen LogP contribution in [0.3, 0.4) is 0 Å². The molecule has 0 spiro atoms. The summed E-state index contributed by atoms with van der Waals surface area (Å²) in [6, 6.07) is 7.01. The van der Waals surface area contributed by atoms with Crippen molar-refractivity contribution in [2.24, 2.45) is 5.92 Å². The molecule has 2 unspecified atom stereocenters. The maximum absolute atomic E-state index is 12.3. The molecule has 1 fully saturated rings. The van der Waals surface area contributed by atoms with Crippen molar-refractivity contribution in [3.63, 3.8) is 0 Å². The lowest BCUT2D eigenvalue weighted by Gasteiger charge is -2.27. The molecule has 0 heterocycles. The first-order valence-electron chi connectivity index (χ1n) is 7.37. The standard InChI is InChI=1S/C15H24N2O2S/c1-3-16-13-7-9-15(10-8-13)20(18,19)17-14-6-4-5-12(2)11-14/h7-10,12,14,16-17H,3-6,11H2,1-2H3. The number of rotatable bonds is 5. The van der Waals surface area contributed by atoms with Gasteiger partial charge in [0.1, 0.15) is 0 Å². The van der Waals surface area contributed by atoms with Crippen LogP contribution in [0.25, 0.3) is 0 Å². The number of nitrogens with one attached hydrogen (secondary N) is 2. The van der Waals surface area contributed by atoms with E-state index >= 15 is 0 Å². The van der Waals surface area contributed by atoms with Gasteiger partial charge in [0, 0.05) is 18.3 Å². The zero-order valence-corrected chi connectivity index (χ0v) is 13.0. The number of sulfonamides is 1. The SMILES string of the molecule is CCNc1ccc(S(=O)(=O)NC2CCCC(C)C2)cc1. The van der Waals surface area contributed by atoms with E-state index in [0.717, 1.165) is 31.5 Å². The molecule has 0 aliphatic heterocycles. The first-order chi connectivity index (χ1) is 9.51. The molecule has 5 heteroatoms. The van der Waals surface area contributed by atoms with Gasteiger partial charge in [-0.1, -0.05) is 19.8 Å². The van der Waals surface area contributed by atoms with Crippen molar-refractivity contribution >= 4 is 15.7 Å². The molecule has 112 valence electrons. The summed E-state index contributed by atoms with van der Waals surface area (Å²) in [6.45, 7) is 5.02. The van der Waals surface area contributed by atoms with Crippen LogP contribution in [0.1, 0.15) is 39.5 Å². The van der Waals surface area contributed by atoms with Gasteiger partial charge in [-0.25, -0.2) is 13.1 Å². The number of benzene rings is 1. The molecule has 0 aromatic heterocycles. The quantitative estimate of drug-likeness (QED) is 0.878. The van der Waals surface area contributed by atoms with E-state index in [2.05, 4.69) is 17.0 Å². The lowest BCUT2D eigenvalue weighted by atomic mass is 9.88. The monoisotopic (exact) mass is 296 g/mol. The molecule has 0 radical (unpaired) electrons. The van der Waals surface area contributed by atoms with Gasteiger partial charge in [0.05, 0.1) is 4.90 Å². The number of hydrogen-bond acceptors (Lipinski definition) is 3. The van der Waals surface area contributed by atoms with Gasteiger partial charge in [-0.3, -0.25) is 0 Å². The topological polar surface area (TPSA) is 58.2 Å². The molecule has 1 aromatic rings. The van der Waals surface area contributed by atoms with Crippen LogP contribution in [0.2, 0.25) is 0 Å². The van der Waals surface area contributed by atoms with E-state index in [1.807, 2.05) is 19.1 Å². The largest absolute Gasteiger partial charge is 0.385 e.